The molecule has 1 heterocycles. The summed E-state index contributed by atoms with van der Waals surface area (Å²) in [5.41, 5.74) is 1.24. The number of hydrogen-bond donors (Lipinski definition) is 1. The first kappa shape index (κ1) is 20.2. The third-order valence-electron chi connectivity index (χ3n) is 4.39. The van der Waals surface area contributed by atoms with Gasteiger partial charge in [-0.05, 0) is 24.3 Å². The van der Waals surface area contributed by atoms with Crippen LogP contribution in [0.2, 0.25) is 0 Å². The van der Waals surface area contributed by atoms with Gasteiger partial charge in [-0.25, -0.2) is 4.79 Å². The normalized spacial score (nSPS) is 12.1. The number of methoxy groups -OCH3 is 1. The van der Waals surface area contributed by atoms with Gasteiger partial charge in [0.05, 0.1) is 18.4 Å². The van der Waals surface area contributed by atoms with Crippen molar-refractivity contribution in [2.24, 2.45) is 0 Å². The average molecular weight is 398 g/mol. The minimum Gasteiger partial charge on any atom is -0.486 e. The molecule has 8 nitrogen and oxygen atoms in total. The predicted molar refractivity (Wildman–Crippen MR) is 106 cm³/mol. The Morgan fingerprint density at radius 1 is 1.07 bits per heavy atom. The molecule has 2 aromatic carbocycles. The monoisotopic (exact) mass is 398 g/mol. The standard InChI is InChI=1S/C21H22N2O6/c1-14(24)23(15-7-8-18-19(13-15)29-12-11-28-18)10-9-20(25)22-17-6-4-3-5-16(17)21(26)27-2/h3-8,13H,9-12H2,1-2H3,(H,22,25). The maximum absolute atomic E-state index is 12.4. The van der Waals surface area contributed by atoms with Crippen LogP contribution in [0.5, 0.6) is 11.5 Å². The maximum atomic E-state index is 12.4. The van der Waals surface area contributed by atoms with Crippen molar-refractivity contribution < 1.29 is 28.6 Å². The zero-order valence-corrected chi connectivity index (χ0v) is 16.3. The Balaban J connectivity index is 1.68. The second kappa shape index (κ2) is 9.09. The molecule has 1 N–H and O–H groups in total. The number of nitrogens with one attached hydrogen (secondary N) is 1. The van der Waals surface area contributed by atoms with Gasteiger partial charge in [-0.3, -0.25) is 9.59 Å². The van der Waals surface area contributed by atoms with Gasteiger partial charge in [0.1, 0.15) is 13.2 Å². The lowest BCUT2D eigenvalue weighted by molar-refractivity contribution is -0.117. The Hall–Kier alpha value is -3.55. The van der Waals surface area contributed by atoms with Crippen molar-refractivity contribution in [1.29, 1.82) is 0 Å². The molecule has 1 aliphatic rings. The van der Waals surface area contributed by atoms with E-state index >= 15 is 0 Å². The fraction of sp³-hybridized carbons (Fsp3) is 0.286. The van der Waals surface area contributed by atoms with Crippen molar-refractivity contribution in [1.82, 2.24) is 0 Å². The molecular weight excluding hydrogens is 376 g/mol. The minimum absolute atomic E-state index is 0.0452. The fourth-order valence-corrected chi connectivity index (χ4v) is 2.97. The Bertz CT molecular complexity index is 927. The topological polar surface area (TPSA) is 94.2 Å². The summed E-state index contributed by atoms with van der Waals surface area (Å²) in [7, 11) is 1.28. The van der Waals surface area contributed by atoms with E-state index < -0.39 is 5.97 Å². The average Bonchev–Trinajstić information content (AvgIpc) is 2.73. The molecule has 29 heavy (non-hydrogen) atoms. The van der Waals surface area contributed by atoms with Gasteiger partial charge in [0.25, 0.3) is 0 Å². The predicted octanol–water partition coefficient (Wildman–Crippen LogP) is 2.63. The zero-order chi connectivity index (χ0) is 20.8. The van der Waals surface area contributed by atoms with Gasteiger partial charge >= 0.3 is 5.97 Å². The van der Waals surface area contributed by atoms with E-state index in [0.29, 0.717) is 36.1 Å². The third-order valence-corrected chi connectivity index (χ3v) is 4.39. The second-order valence-corrected chi connectivity index (χ2v) is 6.33. The number of carbonyl (C=O) groups is 3. The lowest BCUT2D eigenvalue weighted by atomic mass is 10.1. The molecule has 0 saturated carbocycles. The largest absolute Gasteiger partial charge is 0.486 e. The van der Waals surface area contributed by atoms with Crippen molar-refractivity contribution in [3.05, 3.63) is 48.0 Å². The molecule has 0 unspecified atom stereocenters. The number of ether oxygens (including phenoxy) is 3. The first-order valence-electron chi connectivity index (χ1n) is 9.14. The number of anilines is 2. The number of para-hydroxylation sites is 1. The van der Waals surface area contributed by atoms with E-state index in [2.05, 4.69) is 5.32 Å². The summed E-state index contributed by atoms with van der Waals surface area (Å²) in [5.74, 6) is 0.120. The Morgan fingerprint density at radius 3 is 2.52 bits per heavy atom. The summed E-state index contributed by atoms with van der Waals surface area (Å²) in [6, 6.07) is 11.8. The Labute approximate surface area is 168 Å². The molecule has 0 aliphatic carbocycles. The van der Waals surface area contributed by atoms with Crippen LogP contribution in [0.4, 0.5) is 11.4 Å². The van der Waals surface area contributed by atoms with Crippen LogP contribution in [0.25, 0.3) is 0 Å². The van der Waals surface area contributed by atoms with Crippen molar-refractivity contribution >= 4 is 29.2 Å². The summed E-state index contributed by atoms with van der Waals surface area (Å²) in [6.45, 7) is 2.52. The molecule has 0 atom stereocenters. The molecule has 0 bridgehead atoms. The highest BCUT2D eigenvalue weighted by molar-refractivity contribution is 6.01. The summed E-state index contributed by atoms with van der Waals surface area (Å²) in [5, 5.41) is 2.70. The SMILES string of the molecule is COC(=O)c1ccccc1NC(=O)CCN(C(C)=O)c1ccc2c(c1)OCCO2. The summed E-state index contributed by atoms with van der Waals surface area (Å²) < 4.78 is 15.8. The lowest BCUT2D eigenvalue weighted by Gasteiger charge is -2.24. The third kappa shape index (κ3) is 4.84. The Morgan fingerprint density at radius 2 is 1.79 bits per heavy atom. The van der Waals surface area contributed by atoms with Crippen molar-refractivity contribution in [2.75, 3.05) is 37.1 Å². The van der Waals surface area contributed by atoms with Gasteiger partial charge in [-0.1, -0.05) is 12.1 Å². The van der Waals surface area contributed by atoms with Crippen LogP contribution in [-0.4, -0.2) is 44.7 Å². The van der Waals surface area contributed by atoms with E-state index in [9.17, 15) is 14.4 Å². The highest BCUT2D eigenvalue weighted by Crippen LogP contribution is 2.34. The molecule has 0 fully saturated rings. The number of hydrogen-bond acceptors (Lipinski definition) is 6. The van der Waals surface area contributed by atoms with E-state index in [1.165, 1.54) is 18.9 Å². The van der Waals surface area contributed by atoms with E-state index in [4.69, 9.17) is 14.2 Å². The highest BCUT2D eigenvalue weighted by atomic mass is 16.6. The maximum Gasteiger partial charge on any atom is 0.339 e. The molecule has 0 spiro atoms. The smallest absolute Gasteiger partial charge is 0.339 e. The Kier molecular flexibility index (Phi) is 6.33. The number of rotatable bonds is 6. The molecule has 2 amide bonds. The van der Waals surface area contributed by atoms with Crippen LogP contribution < -0.4 is 19.7 Å². The van der Waals surface area contributed by atoms with Crippen LogP contribution in [0, 0.1) is 0 Å². The summed E-state index contributed by atoms with van der Waals surface area (Å²) in [6.07, 6.45) is 0.0452. The first-order valence-corrected chi connectivity index (χ1v) is 9.14. The van der Waals surface area contributed by atoms with Crippen LogP contribution in [-0.2, 0) is 14.3 Å². The van der Waals surface area contributed by atoms with Gasteiger partial charge in [0.2, 0.25) is 11.8 Å². The number of fused-ring (bicyclic) bond motifs is 1. The van der Waals surface area contributed by atoms with E-state index in [1.54, 1.807) is 42.5 Å². The van der Waals surface area contributed by atoms with Gasteiger partial charge in [0, 0.05) is 31.6 Å². The van der Waals surface area contributed by atoms with Crippen LogP contribution >= 0.6 is 0 Å². The van der Waals surface area contributed by atoms with E-state index in [0.717, 1.165) is 0 Å². The van der Waals surface area contributed by atoms with Crippen LogP contribution in [0.1, 0.15) is 23.7 Å². The number of nitrogens with zero attached hydrogens (tertiary/aromatic N) is 1. The van der Waals surface area contributed by atoms with E-state index in [-0.39, 0.29) is 30.3 Å². The number of amides is 2. The summed E-state index contributed by atoms with van der Waals surface area (Å²) >= 11 is 0. The highest BCUT2D eigenvalue weighted by Gasteiger charge is 2.19. The number of esters is 1. The fourth-order valence-electron chi connectivity index (χ4n) is 2.97. The quantitative estimate of drug-likeness (QED) is 0.752. The molecule has 3 rings (SSSR count). The van der Waals surface area contributed by atoms with Gasteiger partial charge in [0.15, 0.2) is 11.5 Å². The number of benzene rings is 2. The van der Waals surface area contributed by atoms with Crippen molar-refractivity contribution in [2.45, 2.75) is 13.3 Å². The van der Waals surface area contributed by atoms with Crippen LogP contribution in [0.3, 0.4) is 0 Å². The molecule has 0 saturated heterocycles. The minimum atomic E-state index is -0.539. The van der Waals surface area contributed by atoms with Gasteiger partial charge < -0.3 is 24.4 Å². The molecule has 2 aromatic rings. The van der Waals surface area contributed by atoms with E-state index in [1.807, 2.05) is 0 Å². The molecule has 1 aliphatic heterocycles. The molecular formula is C21H22N2O6. The molecule has 0 aromatic heterocycles. The number of carbonyl (C=O) groups excluding carboxylic acids is 3. The van der Waals surface area contributed by atoms with Gasteiger partial charge in [-0.2, -0.15) is 0 Å². The van der Waals surface area contributed by atoms with Crippen molar-refractivity contribution in [3.63, 3.8) is 0 Å². The lowest BCUT2D eigenvalue weighted by Crippen LogP contribution is -2.32. The summed E-state index contributed by atoms with van der Waals surface area (Å²) in [4.78, 5) is 37.9. The molecule has 8 heteroatoms. The first-order chi connectivity index (χ1) is 14.0. The molecule has 152 valence electrons. The van der Waals surface area contributed by atoms with Gasteiger partial charge in [-0.15, -0.1) is 0 Å². The zero-order valence-electron chi connectivity index (χ0n) is 16.3. The second-order valence-electron chi connectivity index (χ2n) is 6.33. The molecule has 0 radical (unpaired) electrons. The van der Waals surface area contributed by atoms with Crippen LogP contribution in [0.15, 0.2) is 42.5 Å². The van der Waals surface area contributed by atoms with Crippen molar-refractivity contribution in [3.8, 4) is 11.5 Å².